The van der Waals surface area contributed by atoms with E-state index in [1.807, 2.05) is 0 Å². The zero-order chi connectivity index (χ0) is 16.6. The second kappa shape index (κ2) is 6.24. The fraction of sp³-hybridized carbons (Fsp3) is 0.143. The SMILES string of the molecule is O=C(O/N=C1/CCS(=O)(=O)c2sccc21)c1ccc(Cl)c(Cl)c1. The van der Waals surface area contributed by atoms with Crippen LogP contribution in [0, 0.1) is 0 Å². The Bertz CT molecular complexity index is 919. The zero-order valence-corrected chi connectivity index (χ0v) is 14.6. The zero-order valence-electron chi connectivity index (χ0n) is 11.5. The number of hydrogen-bond donors (Lipinski definition) is 0. The Morgan fingerprint density at radius 1 is 1.22 bits per heavy atom. The fourth-order valence-corrected chi connectivity index (χ4v) is 5.19. The van der Waals surface area contributed by atoms with Crippen molar-refractivity contribution in [2.75, 3.05) is 5.75 Å². The summed E-state index contributed by atoms with van der Waals surface area (Å²) in [5.74, 6) is -0.745. The molecule has 0 spiro atoms. The topological polar surface area (TPSA) is 72.8 Å². The molecule has 5 nitrogen and oxygen atoms in total. The van der Waals surface area contributed by atoms with Crippen LogP contribution in [-0.2, 0) is 14.7 Å². The van der Waals surface area contributed by atoms with Crippen molar-refractivity contribution in [3.63, 3.8) is 0 Å². The smallest absolute Gasteiger partial charge is 0.313 e. The van der Waals surface area contributed by atoms with Gasteiger partial charge >= 0.3 is 5.97 Å². The first-order valence-corrected chi connectivity index (χ1v) is 9.71. The number of rotatable bonds is 2. The Balaban J connectivity index is 1.84. The number of benzene rings is 1. The molecule has 0 bridgehead atoms. The van der Waals surface area contributed by atoms with Gasteiger partial charge in [0.2, 0.25) is 0 Å². The number of nitrogens with zero attached hydrogens (tertiary/aromatic N) is 1. The van der Waals surface area contributed by atoms with E-state index in [2.05, 4.69) is 5.16 Å². The molecule has 1 aliphatic rings. The molecule has 2 aromatic rings. The van der Waals surface area contributed by atoms with Gasteiger partial charge in [0.1, 0.15) is 4.21 Å². The molecule has 1 aromatic carbocycles. The Morgan fingerprint density at radius 3 is 2.74 bits per heavy atom. The van der Waals surface area contributed by atoms with Crippen LogP contribution in [0.3, 0.4) is 0 Å². The first-order chi connectivity index (χ1) is 10.9. The van der Waals surface area contributed by atoms with E-state index in [9.17, 15) is 13.2 Å². The lowest BCUT2D eigenvalue weighted by molar-refractivity contribution is 0.0516. The van der Waals surface area contributed by atoms with Gasteiger partial charge in [-0.3, -0.25) is 0 Å². The normalized spacial score (nSPS) is 17.7. The summed E-state index contributed by atoms with van der Waals surface area (Å²) in [4.78, 5) is 16.9. The fourth-order valence-electron chi connectivity index (χ4n) is 2.08. The number of thiophene rings is 1. The molecule has 0 saturated carbocycles. The maximum absolute atomic E-state index is 12.0. The quantitative estimate of drug-likeness (QED) is 0.578. The standard InChI is InChI=1S/C14H9Cl2NO4S2/c15-10-2-1-8(7-11(10)16)13(18)21-17-12-4-6-23(19,20)14-9(12)3-5-22-14/h1-3,5,7H,4,6H2/b17-12-. The van der Waals surface area contributed by atoms with Crippen molar-refractivity contribution in [3.8, 4) is 0 Å². The summed E-state index contributed by atoms with van der Waals surface area (Å²) in [6.45, 7) is 0. The number of carbonyl (C=O) groups excluding carboxylic acids is 1. The number of carbonyl (C=O) groups is 1. The second-order valence-electron chi connectivity index (χ2n) is 4.74. The molecule has 9 heteroatoms. The van der Waals surface area contributed by atoms with Crippen LogP contribution >= 0.6 is 34.5 Å². The van der Waals surface area contributed by atoms with Gasteiger partial charge in [-0.15, -0.1) is 11.3 Å². The number of sulfone groups is 1. The van der Waals surface area contributed by atoms with E-state index in [1.165, 1.54) is 18.2 Å². The first-order valence-electron chi connectivity index (χ1n) is 6.42. The summed E-state index contributed by atoms with van der Waals surface area (Å²) in [5, 5.41) is 6.06. The van der Waals surface area contributed by atoms with Crippen molar-refractivity contribution >= 4 is 56.1 Å². The van der Waals surface area contributed by atoms with Gasteiger partial charge in [-0.2, -0.15) is 0 Å². The van der Waals surface area contributed by atoms with E-state index in [0.29, 0.717) is 16.3 Å². The predicted molar refractivity (Wildman–Crippen MR) is 89.4 cm³/mol. The van der Waals surface area contributed by atoms with Crippen LogP contribution in [0.1, 0.15) is 22.3 Å². The molecule has 2 heterocycles. The van der Waals surface area contributed by atoms with Crippen LogP contribution in [0.4, 0.5) is 0 Å². The maximum atomic E-state index is 12.0. The van der Waals surface area contributed by atoms with Crippen molar-refractivity contribution in [2.45, 2.75) is 10.6 Å². The lowest BCUT2D eigenvalue weighted by Crippen LogP contribution is -2.20. The van der Waals surface area contributed by atoms with Crippen LogP contribution in [0.5, 0.6) is 0 Å². The molecule has 3 rings (SSSR count). The van der Waals surface area contributed by atoms with E-state index >= 15 is 0 Å². The molecule has 0 unspecified atom stereocenters. The van der Waals surface area contributed by atoms with Crippen LogP contribution < -0.4 is 0 Å². The molecule has 0 atom stereocenters. The Hall–Kier alpha value is -1.41. The summed E-state index contributed by atoms with van der Waals surface area (Å²) >= 11 is 12.8. The van der Waals surface area contributed by atoms with Gasteiger partial charge in [0.05, 0.1) is 27.1 Å². The van der Waals surface area contributed by atoms with Gasteiger partial charge in [-0.25, -0.2) is 13.2 Å². The van der Waals surface area contributed by atoms with Gasteiger partial charge in [0.15, 0.2) is 9.84 Å². The largest absolute Gasteiger partial charge is 0.365 e. The predicted octanol–water partition coefficient (Wildman–Crippen LogP) is 3.79. The van der Waals surface area contributed by atoms with E-state index in [0.717, 1.165) is 11.3 Å². The van der Waals surface area contributed by atoms with Gasteiger partial charge in [-0.05, 0) is 29.6 Å². The molecule has 0 fully saturated rings. The molecule has 1 aliphatic heterocycles. The summed E-state index contributed by atoms with van der Waals surface area (Å²) in [6.07, 6.45) is 0.195. The number of hydrogen-bond acceptors (Lipinski definition) is 6. The summed E-state index contributed by atoms with van der Waals surface area (Å²) in [5.41, 5.74) is 1.13. The molecule has 0 amide bonds. The van der Waals surface area contributed by atoms with Gasteiger partial charge in [0.25, 0.3) is 0 Å². The molecule has 120 valence electrons. The Labute approximate surface area is 146 Å². The third kappa shape index (κ3) is 3.28. The van der Waals surface area contributed by atoms with Crippen molar-refractivity contribution in [1.29, 1.82) is 0 Å². The Kier molecular flexibility index (Phi) is 4.46. The van der Waals surface area contributed by atoms with Gasteiger partial charge in [-0.1, -0.05) is 28.4 Å². The number of oxime groups is 1. The minimum atomic E-state index is -3.27. The van der Waals surface area contributed by atoms with Crippen LogP contribution in [-0.4, -0.2) is 25.9 Å². The van der Waals surface area contributed by atoms with E-state index < -0.39 is 15.8 Å². The average Bonchev–Trinajstić information content (AvgIpc) is 3.00. The van der Waals surface area contributed by atoms with E-state index in [4.69, 9.17) is 28.0 Å². The molecular formula is C14H9Cl2NO4S2. The molecular weight excluding hydrogens is 381 g/mol. The van der Waals surface area contributed by atoms with Crippen molar-refractivity contribution in [3.05, 3.63) is 50.8 Å². The lowest BCUT2D eigenvalue weighted by atomic mass is 10.1. The van der Waals surface area contributed by atoms with Gasteiger partial charge < -0.3 is 4.84 Å². The van der Waals surface area contributed by atoms with Crippen molar-refractivity contribution in [1.82, 2.24) is 0 Å². The summed E-state index contributed by atoms with van der Waals surface area (Å²) in [7, 11) is -3.27. The highest BCUT2D eigenvalue weighted by Crippen LogP contribution is 2.30. The minimum absolute atomic E-state index is 0.0519. The van der Waals surface area contributed by atoms with E-state index in [1.54, 1.807) is 11.4 Å². The highest BCUT2D eigenvalue weighted by atomic mass is 35.5. The average molecular weight is 390 g/mol. The second-order valence-corrected chi connectivity index (χ2v) is 8.77. The molecule has 1 aromatic heterocycles. The first kappa shape index (κ1) is 16.4. The highest BCUT2D eigenvalue weighted by Gasteiger charge is 2.29. The number of fused-ring (bicyclic) bond motifs is 1. The molecule has 0 N–H and O–H groups in total. The summed E-state index contributed by atoms with van der Waals surface area (Å²) in [6, 6.07) is 5.99. The molecule has 0 radical (unpaired) electrons. The van der Waals surface area contributed by atoms with Crippen LogP contribution in [0.25, 0.3) is 0 Å². The maximum Gasteiger partial charge on any atom is 0.365 e. The Morgan fingerprint density at radius 2 is 2.00 bits per heavy atom. The molecule has 0 aliphatic carbocycles. The van der Waals surface area contributed by atoms with Crippen LogP contribution in [0.2, 0.25) is 10.0 Å². The third-order valence-electron chi connectivity index (χ3n) is 3.22. The monoisotopic (exact) mass is 389 g/mol. The molecule has 0 saturated heterocycles. The number of halogens is 2. The third-order valence-corrected chi connectivity index (χ3v) is 7.25. The molecule has 23 heavy (non-hydrogen) atoms. The van der Waals surface area contributed by atoms with Crippen molar-refractivity contribution < 1.29 is 18.0 Å². The summed E-state index contributed by atoms with van der Waals surface area (Å²) < 4.78 is 24.1. The van der Waals surface area contributed by atoms with Gasteiger partial charge in [0, 0.05) is 12.0 Å². The minimum Gasteiger partial charge on any atom is -0.313 e. The van der Waals surface area contributed by atoms with Crippen molar-refractivity contribution in [2.24, 2.45) is 5.16 Å². The lowest BCUT2D eigenvalue weighted by Gasteiger charge is -2.13. The van der Waals surface area contributed by atoms with Crippen LogP contribution in [0.15, 0.2) is 39.0 Å². The van der Waals surface area contributed by atoms with E-state index in [-0.39, 0.29) is 27.0 Å². The highest BCUT2D eigenvalue weighted by molar-refractivity contribution is 7.93.